The number of nitrogens with zero attached hydrogens (tertiary/aromatic N) is 8. The molecule has 0 unspecified atom stereocenters. The van der Waals surface area contributed by atoms with Crippen molar-refractivity contribution < 1.29 is 130 Å². The topological polar surface area (TPSA) is 270 Å². The molecule has 20 nitrogen and oxygen atoms in total. The molecule has 6 aromatic heterocycles. The van der Waals surface area contributed by atoms with Crippen LogP contribution in [-0.4, -0.2) is 99.5 Å². The number of imidazole rings is 2. The zero-order chi connectivity index (χ0) is 106. The van der Waals surface area contributed by atoms with E-state index in [-0.39, 0.29) is 78.2 Å². The first-order chi connectivity index (χ1) is 66.4. The molecular formula is C113H124CuF7IN8O12S2. The van der Waals surface area contributed by atoms with Gasteiger partial charge in [-0.15, -0.1) is 0 Å². The molecule has 1 radical (unpaired) electrons. The van der Waals surface area contributed by atoms with Crippen LogP contribution in [0.3, 0.4) is 0 Å². The van der Waals surface area contributed by atoms with E-state index in [1.165, 1.54) is 75.2 Å². The van der Waals surface area contributed by atoms with Crippen molar-refractivity contribution >= 4 is 97.9 Å². The van der Waals surface area contributed by atoms with Gasteiger partial charge in [0.2, 0.25) is 0 Å². The second-order valence-electron chi connectivity index (χ2n) is 40.1. The fraction of sp³-hybridized carbons (Fsp3) is 0.292. The zero-order valence-corrected chi connectivity index (χ0v) is 88.7. The van der Waals surface area contributed by atoms with Crippen molar-refractivity contribution in [2.24, 2.45) is 0 Å². The van der Waals surface area contributed by atoms with Crippen LogP contribution in [0.5, 0.6) is 23.0 Å². The number of hydrogen-bond acceptors (Lipinski definition) is 13. The molecule has 31 heteroatoms. The Balaban J connectivity index is 0.000000246. The van der Waals surface area contributed by atoms with Crippen LogP contribution in [0.4, 0.5) is 30.7 Å². The number of carboxylic acids is 2. The van der Waals surface area contributed by atoms with E-state index in [1.54, 1.807) is 3.57 Å². The Labute approximate surface area is 861 Å². The summed E-state index contributed by atoms with van der Waals surface area (Å²) >= 11 is -0.0926. The maximum Gasteiger partial charge on any atom is 0.485 e. The van der Waals surface area contributed by atoms with Crippen LogP contribution in [0, 0.1) is 27.9 Å². The molecule has 0 spiro atoms. The molecule has 11 aromatic carbocycles. The summed E-state index contributed by atoms with van der Waals surface area (Å²) in [6.07, 6.45) is 7.90. The molecule has 0 aliphatic heterocycles. The third kappa shape index (κ3) is 29.6. The molecule has 0 saturated carbocycles. The molecule has 17 aromatic rings. The molecule has 0 aliphatic rings. The summed E-state index contributed by atoms with van der Waals surface area (Å²) in [7, 11) is -13.2. The van der Waals surface area contributed by atoms with E-state index in [1.807, 2.05) is 55.1 Å². The number of halogens is 8. The van der Waals surface area contributed by atoms with Crippen molar-refractivity contribution in [3.05, 3.63) is 337 Å². The molecule has 6 heterocycles. The fourth-order valence-electron chi connectivity index (χ4n) is 15.5. The third-order valence-corrected chi connectivity index (χ3v) is 27.3. The third-order valence-electron chi connectivity index (χ3n) is 22.7. The monoisotopic (exact) mass is 2170 g/mol. The number of aromatic nitrogens is 8. The number of rotatable bonds is 11. The number of fused-ring (bicyclic) bond motifs is 8. The maximum absolute atomic E-state index is 10.7. The van der Waals surface area contributed by atoms with Crippen LogP contribution < -0.4 is 35.2 Å². The van der Waals surface area contributed by atoms with Gasteiger partial charge in [0.1, 0.15) is 52.3 Å². The van der Waals surface area contributed by atoms with Crippen molar-refractivity contribution in [2.75, 3.05) is 7.15 Å². The first-order valence-corrected chi connectivity index (χ1v) is 50.2. The van der Waals surface area contributed by atoms with E-state index in [9.17, 15) is 30.7 Å². The Hall–Kier alpha value is -12.6. The second kappa shape index (κ2) is 46.6. The largest absolute Gasteiger partial charge is 0.741 e. The minimum Gasteiger partial charge on any atom is -0.741 e. The smallest absolute Gasteiger partial charge is 0.485 e. The maximum atomic E-state index is 10.7. The van der Waals surface area contributed by atoms with Gasteiger partial charge in [-0.05, 0) is 220 Å². The van der Waals surface area contributed by atoms with Gasteiger partial charge in [-0.3, -0.25) is 27.7 Å². The summed E-state index contributed by atoms with van der Waals surface area (Å²) in [6.45, 7) is 49.5. The Kier molecular flexibility index (Phi) is 37.2. The van der Waals surface area contributed by atoms with Gasteiger partial charge in [-0.25, -0.2) is 31.8 Å². The molecule has 0 fully saturated rings. The Bertz CT molecular complexity index is 7630. The molecule has 0 atom stereocenters. The van der Waals surface area contributed by atoms with Crippen LogP contribution in [0.15, 0.2) is 280 Å². The van der Waals surface area contributed by atoms with Crippen molar-refractivity contribution in [2.45, 2.75) is 210 Å². The van der Waals surface area contributed by atoms with E-state index >= 15 is 0 Å². The molecule has 767 valence electrons. The average molecular weight is 2170 g/mol. The van der Waals surface area contributed by atoms with Gasteiger partial charge in [-0.1, -0.05) is 235 Å². The first kappa shape index (κ1) is 115. The van der Waals surface area contributed by atoms with E-state index in [4.69, 9.17) is 66.6 Å². The fourth-order valence-corrected chi connectivity index (χ4v) is 18.1. The predicted octanol–water partition coefficient (Wildman–Crippen LogP) is 25.5. The average Bonchev–Trinajstić information content (AvgIpc) is 1.58. The number of carbonyl (C=O) groups is 2. The summed E-state index contributed by atoms with van der Waals surface area (Å²) in [5.74, 6) is 3.22. The molecule has 0 saturated heterocycles. The van der Waals surface area contributed by atoms with Crippen molar-refractivity contribution in [1.82, 2.24) is 33.2 Å². The van der Waals surface area contributed by atoms with Gasteiger partial charge in [0.05, 0.1) is 47.3 Å². The number of pyridine rings is 2. The number of alkyl halides is 7. The summed E-state index contributed by atoms with van der Waals surface area (Å²) in [5.41, 5.74) is 13.0. The Morgan fingerprint density at radius 2 is 0.743 bits per heavy atom. The minimum atomic E-state index is -6.09. The van der Waals surface area contributed by atoms with Crippen molar-refractivity contribution in [3.8, 4) is 51.7 Å². The molecular weight excluding hydrogens is 2050 g/mol. The van der Waals surface area contributed by atoms with Crippen LogP contribution in [0.2, 0.25) is 0 Å². The zero-order valence-electron chi connectivity index (χ0n) is 85.0. The van der Waals surface area contributed by atoms with Crippen LogP contribution >= 0.6 is 0 Å². The molecule has 0 amide bonds. The predicted molar refractivity (Wildman–Crippen MR) is 552 cm³/mol. The van der Waals surface area contributed by atoms with Gasteiger partial charge in [-0.2, -0.15) is 35.5 Å². The van der Waals surface area contributed by atoms with Crippen LogP contribution in [0.25, 0.3) is 94.4 Å². The van der Waals surface area contributed by atoms with E-state index in [0.29, 0.717) is 0 Å². The summed E-state index contributed by atoms with van der Waals surface area (Å²) in [5, 5.41) is 19.6. The number of hydrogen-bond donors (Lipinski definition) is 2. The van der Waals surface area contributed by atoms with E-state index in [0.717, 1.165) is 110 Å². The summed E-state index contributed by atoms with van der Waals surface area (Å²) < 4.78 is 161. The van der Waals surface area contributed by atoms with Gasteiger partial charge >= 0.3 is 32.2 Å². The summed E-state index contributed by atoms with van der Waals surface area (Å²) in [4.78, 5) is 32.4. The number of ether oxygens (including phenoxy) is 2. The molecule has 0 bridgehead atoms. The van der Waals surface area contributed by atoms with Gasteiger partial charge in [0.25, 0.3) is 18.3 Å². The molecule has 17 rings (SSSR count). The number of aryl methyl sites for hydroxylation is 3. The number of carboxylic acid groups (broad SMARTS) is 2. The normalized spacial score (nSPS) is 12.0. The van der Waals surface area contributed by atoms with Crippen LogP contribution in [0.1, 0.15) is 197 Å². The number of para-hydroxylation sites is 4. The molecule has 144 heavy (non-hydrogen) atoms. The molecule has 0 aliphatic carbocycles. The van der Waals surface area contributed by atoms with E-state index < -0.39 is 50.3 Å². The van der Waals surface area contributed by atoms with Crippen molar-refractivity contribution in [1.29, 1.82) is 0 Å². The SMILES string of the molecule is C.CC(=O)O.CC(=O)O.CC(C)(C)c1cccc(-[n+]2cn(-c3cccc(Oc4ccc5c6ccc(C(C)(C)C)cc6n(-c6cc(C(C)(C)C)ccn6)c5c4)c3)c3ccccc32)c1.CC(C)(C)c1ccnc(-n2c3cc(Oc4cccc(-n5cnc6ccccc65)c4)ccc3c3ccc(C(C)(C)C)cc32)c1.Cc1cc(C)c([I+]c2cccc(C(C)(C)C)c2)c(C)c1.O=S(=O)([O-])C(F)(F)F.O=S(=O)([O-])C(F)(F)F.[2H]CF.[Cu]. The molecule has 2 N–H and O–H groups in total. The second-order valence-corrected chi connectivity index (χ2v) is 45.8. The van der Waals surface area contributed by atoms with Crippen molar-refractivity contribution in [3.63, 3.8) is 0 Å². The number of aliphatic carboxylic acids is 2. The quantitative estimate of drug-likeness (QED) is 0.0304. The first-order valence-electron chi connectivity index (χ1n) is 45.9. The van der Waals surface area contributed by atoms with Gasteiger partial charge in [0.15, 0.2) is 38.4 Å². The number of benzene rings is 11. The van der Waals surface area contributed by atoms with E-state index in [2.05, 4.69) is 398 Å². The Morgan fingerprint density at radius 1 is 0.403 bits per heavy atom. The van der Waals surface area contributed by atoms with Gasteiger partial charge < -0.3 is 28.8 Å². The summed E-state index contributed by atoms with van der Waals surface area (Å²) in [6, 6.07) is 91.0. The van der Waals surface area contributed by atoms with Gasteiger partial charge in [0, 0.05) is 100 Å². The Morgan fingerprint density at radius 3 is 1.15 bits per heavy atom. The standard InChI is InChI=1S/C48H49N4O.C38H36N4O.C19H24I.2C2H4O2.2CHF3O3S.CH3F.CH4.Cu/c1-46(2,3)32-14-12-15-35(26-32)50-31-51(42-19-11-10-18-41(42)50)36-16-13-17-37(29-36)53-38-21-23-40-39-22-20-33(47(4,5)6)27-43(39)52(44(40)30-38)45-28-34(24-25-49-45)48(7,8)9;1-37(2,3)25-14-16-30-31-17-15-29(23-35(31)42(34(30)20-25)36-21-26(18-19-39-36)38(4,5)6)43-28-11-9-10-27(22-28)41-24-40-32-12-7-8-13-33(32)41;1-13-10-14(2)18(15(3)11-13)20-17-9-7-8-16(12-17)19(4,5)6;2*1-2(3)4;2*2-1(3,4)8(5,6)7;1-2;;/h10-31H,1-9H3;7-24H,1-6H3;7-12H,1-6H3;2*1H3,(H,3,4);2*(H,5,6,7);1H3;1H4;/q+1;;+1;;;;;;;/p-2/i;;;;;;;1D;;. The van der Waals surface area contributed by atoms with Crippen LogP contribution in [-0.2, 0) is 79.4 Å². The minimum absolute atomic E-state index is 0.